The normalized spacial score (nSPS) is 12.5. The fourth-order valence-electron chi connectivity index (χ4n) is 1.57. The Kier molecular flexibility index (Phi) is 3.69. The summed E-state index contributed by atoms with van der Waals surface area (Å²) in [6.45, 7) is -0.368. The molecule has 88 valence electrons. The van der Waals surface area contributed by atoms with Gasteiger partial charge in [-0.2, -0.15) is 0 Å². The molecule has 0 bridgehead atoms. The molecule has 0 aliphatic heterocycles. The molecule has 0 saturated carbocycles. The Hall–Kier alpha value is -1.48. The van der Waals surface area contributed by atoms with Crippen LogP contribution in [0.25, 0.3) is 10.8 Å². The van der Waals surface area contributed by atoms with Crippen LogP contribution in [0, 0.1) is 0 Å². The van der Waals surface area contributed by atoms with Gasteiger partial charge in [0.15, 0.2) is 5.78 Å². The zero-order valence-corrected chi connectivity index (χ0v) is 9.92. The lowest BCUT2D eigenvalue weighted by Gasteiger charge is -2.02. The molecule has 4 nitrogen and oxygen atoms in total. The van der Waals surface area contributed by atoms with Crippen LogP contribution >= 0.6 is 8.25 Å². The number of hydrogen-bond acceptors (Lipinski definition) is 3. The Balaban J connectivity index is 2.24. The average Bonchev–Trinajstić information content (AvgIpc) is 2.35. The molecule has 0 fully saturated rings. The van der Waals surface area contributed by atoms with Gasteiger partial charge in [0.2, 0.25) is 0 Å². The van der Waals surface area contributed by atoms with E-state index in [9.17, 15) is 9.36 Å². The molecule has 2 aromatic carbocycles. The number of carbonyl (C=O) groups excluding carboxylic acids is 1. The molecule has 0 aliphatic rings. The summed E-state index contributed by atoms with van der Waals surface area (Å²) >= 11 is 0. The first-order valence-corrected chi connectivity index (χ1v) is 6.31. The number of Topliss-reactive ketones (excluding diaryl/α,β-unsaturated/α-hetero) is 1. The van der Waals surface area contributed by atoms with Gasteiger partial charge < -0.3 is 9.42 Å². The van der Waals surface area contributed by atoms with Crippen LogP contribution < -0.4 is 0 Å². The standard InChI is InChI=1S/C12H11O4P/c13-12(8-16-17(14)15)11-6-5-9-3-1-2-4-10(9)7-11/h1-7,17H,8H2,(H,14,15). The first-order valence-electron chi connectivity index (χ1n) is 5.04. The zero-order chi connectivity index (χ0) is 12.3. The number of ketones is 1. The number of fused-ring (bicyclic) bond motifs is 1. The van der Waals surface area contributed by atoms with Gasteiger partial charge in [0, 0.05) is 5.56 Å². The number of carbonyl (C=O) groups is 1. The van der Waals surface area contributed by atoms with Crippen molar-refractivity contribution in [2.24, 2.45) is 0 Å². The van der Waals surface area contributed by atoms with Crippen LogP contribution in [0.4, 0.5) is 0 Å². The lowest BCUT2D eigenvalue weighted by molar-refractivity contribution is 0.0917. The second-order valence-electron chi connectivity index (χ2n) is 3.54. The van der Waals surface area contributed by atoms with E-state index in [-0.39, 0.29) is 12.4 Å². The van der Waals surface area contributed by atoms with Crippen LogP contribution in [0.1, 0.15) is 10.4 Å². The molecule has 0 saturated heterocycles. The van der Waals surface area contributed by atoms with E-state index in [1.807, 2.05) is 30.3 Å². The molecule has 17 heavy (non-hydrogen) atoms. The van der Waals surface area contributed by atoms with Crippen molar-refractivity contribution in [1.82, 2.24) is 0 Å². The Morgan fingerprint density at radius 3 is 2.59 bits per heavy atom. The molecule has 5 heteroatoms. The fraction of sp³-hybridized carbons (Fsp3) is 0.0833. The van der Waals surface area contributed by atoms with E-state index in [1.165, 1.54) is 0 Å². The molecule has 1 atom stereocenters. The summed E-state index contributed by atoms with van der Waals surface area (Å²) in [5, 5.41) is 2.00. The lowest BCUT2D eigenvalue weighted by Crippen LogP contribution is -2.05. The van der Waals surface area contributed by atoms with Gasteiger partial charge >= 0.3 is 8.25 Å². The van der Waals surface area contributed by atoms with Gasteiger partial charge in [0.1, 0.15) is 6.61 Å². The molecule has 2 rings (SSSR count). The van der Waals surface area contributed by atoms with Crippen molar-refractivity contribution in [2.75, 3.05) is 6.61 Å². The van der Waals surface area contributed by atoms with E-state index in [0.717, 1.165) is 10.8 Å². The van der Waals surface area contributed by atoms with E-state index in [2.05, 4.69) is 4.52 Å². The van der Waals surface area contributed by atoms with Crippen molar-refractivity contribution in [3.8, 4) is 0 Å². The molecule has 0 radical (unpaired) electrons. The van der Waals surface area contributed by atoms with Crippen LogP contribution in [0.3, 0.4) is 0 Å². The van der Waals surface area contributed by atoms with Crippen LogP contribution in [-0.4, -0.2) is 17.3 Å². The summed E-state index contributed by atoms with van der Waals surface area (Å²) in [5.74, 6) is -0.303. The molecule has 1 N–H and O–H groups in total. The quantitative estimate of drug-likeness (QED) is 0.668. The maximum absolute atomic E-state index is 11.6. The highest BCUT2D eigenvalue weighted by Gasteiger charge is 2.07. The summed E-state index contributed by atoms with van der Waals surface area (Å²) in [4.78, 5) is 20.1. The Bertz CT molecular complexity index is 579. The topological polar surface area (TPSA) is 63.6 Å². The second kappa shape index (κ2) is 5.23. The van der Waals surface area contributed by atoms with E-state index in [4.69, 9.17) is 4.89 Å². The first-order chi connectivity index (χ1) is 8.16. The fourth-order valence-corrected chi connectivity index (χ4v) is 1.83. The SMILES string of the molecule is O=C(CO[PH](=O)O)c1ccc2ccccc2c1. The van der Waals surface area contributed by atoms with Gasteiger partial charge in [0.05, 0.1) is 0 Å². The largest absolute Gasteiger partial charge is 0.326 e. The van der Waals surface area contributed by atoms with E-state index >= 15 is 0 Å². The molecule has 1 unspecified atom stereocenters. The third kappa shape index (κ3) is 3.01. The maximum atomic E-state index is 11.6. The van der Waals surface area contributed by atoms with E-state index in [1.54, 1.807) is 12.1 Å². The Labute approximate surface area is 98.8 Å². The molecule has 0 amide bonds. The Morgan fingerprint density at radius 1 is 1.18 bits per heavy atom. The number of benzene rings is 2. The molecular weight excluding hydrogens is 239 g/mol. The minimum atomic E-state index is -3.05. The van der Waals surface area contributed by atoms with Gasteiger partial charge in [-0.25, -0.2) is 0 Å². The van der Waals surface area contributed by atoms with Crippen LogP contribution in [0.5, 0.6) is 0 Å². The Morgan fingerprint density at radius 2 is 1.88 bits per heavy atom. The zero-order valence-electron chi connectivity index (χ0n) is 8.92. The molecule has 0 aliphatic carbocycles. The van der Waals surface area contributed by atoms with E-state index < -0.39 is 8.25 Å². The highest BCUT2D eigenvalue weighted by atomic mass is 31.1. The summed E-state index contributed by atoms with van der Waals surface area (Å²) in [5.41, 5.74) is 0.479. The van der Waals surface area contributed by atoms with Gasteiger partial charge in [-0.05, 0) is 16.8 Å². The minimum absolute atomic E-state index is 0.303. The molecule has 2 aromatic rings. The third-order valence-corrected chi connectivity index (χ3v) is 2.79. The monoisotopic (exact) mass is 250 g/mol. The summed E-state index contributed by atoms with van der Waals surface area (Å²) < 4.78 is 14.8. The summed E-state index contributed by atoms with van der Waals surface area (Å²) in [7, 11) is -3.05. The van der Waals surface area contributed by atoms with Crippen molar-refractivity contribution < 1.29 is 18.8 Å². The van der Waals surface area contributed by atoms with Crippen LogP contribution in [0.15, 0.2) is 42.5 Å². The second-order valence-corrected chi connectivity index (χ2v) is 4.36. The van der Waals surface area contributed by atoms with Gasteiger partial charge in [-0.1, -0.05) is 36.4 Å². The predicted molar refractivity (Wildman–Crippen MR) is 65.5 cm³/mol. The highest BCUT2D eigenvalue weighted by Crippen LogP contribution is 2.18. The molecule has 0 heterocycles. The van der Waals surface area contributed by atoms with E-state index in [0.29, 0.717) is 5.56 Å². The first kappa shape index (κ1) is 12.0. The smallest absolute Gasteiger partial charge is 0.317 e. The highest BCUT2D eigenvalue weighted by molar-refractivity contribution is 7.32. The van der Waals surface area contributed by atoms with Gasteiger partial charge in [-0.15, -0.1) is 0 Å². The van der Waals surface area contributed by atoms with Gasteiger partial charge in [-0.3, -0.25) is 9.36 Å². The number of rotatable bonds is 4. The summed E-state index contributed by atoms with van der Waals surface area (Å²) in [6.07, 6.45) is 0. The lowest BCUT2D eigenvalue weighted by atomic mass is 10.0. The predicted octanol–water partition coefficient (Wildman–Crippen LogP) is 2.42. The maximum Gasteiger partial charge on any atom is 0.317 e. The van der Waals surface area contributed by atoms with Crippen LogP contribution in [0.2, 0.25) is 0 Å². The van der Waals surface area contributed by atoms with Crippen molar-refractivity contribution >= 4 is 24.8 Å². The molecule has 0 aromatic heterocycles. The van der Waals surface area contributed by atoms with Crippen molar-refractivity contribution in [3.63, 3.8) is 0 Å². The van der Waals surface area contributed by atoms with Crippen molar-refractivity contribution in [3.05, 3.63) is 48.0 Å². The van der Waals surface area contributed by atoms with Crippen molar-refractivity contribution in [2.45, 2.75) is 0 Å². The third-order valence-electron chi connectivity index (χ3n) is 2.40. The minimum Gasteiger partial charge on any atom is -0.326 e. The molecule has 0 spiro atoms. The average molecular weight is 250 g/mol. The van der Waals surface area contributed by atoms with Crippen molar-refractivity contribution in [1.29, 1.82) is 0 Å². The van der Waals surface area contributed by atoms with Crippen LogP contribution in [-0.2, 0) is 9.09 Å². The van der Waals surface area contributed by atoms with Gasteiger partial charge in [0.25, 0.3) is 0 Å². The number of hydrogen-bond donors (Lipinski definition) is 1. The summed E-state index contributed by atoms with van der Waals surface area (Å²) in [6, 6.07) is 12.9. The molecular formula is C12H11O4P.